The third kappa shape index (κ3) is 2.58. The van der Waals surface area contributed by atoms with Crippen molar-refractivity contribution < 1.29 is 5.11 Å². The Morgan fingerprint density at radius 1 is 1.19 bits per heavy atom. The standard InChI is InChI=1S/C13H26N2O/c1-10-2-4-11(5-3-10)12(14)13(16)6-8-15-9-7-13/h10-12,15-16H,2-9,14H2,1H3. The van der Waals surface area contributed by atoms with Gasteiger partial charge in [-0.25, -0.2) is 0 Å². The first-order valence-electron chi connectivity index (χ1n) is 6.80. The fraction of sp³-hybridized carbons (Fsp3) is 1.00. The molecular formula is C13H26N2O. The number of nitrogens with two attached hydrogens (primary N) is 1. The summed E-state index contributed by atoms with van der Waals surface area (Å²) in [6.07, 6.45) is 6.62. The Morgan fingerprint density at radius 3 is 2.31 bits per heavy atom. The second-order valence-corrected chi connectivity index (χ2v) is 5.90. The van der Waals surface area contributed by atoms with Crippen molar-refractivity contribution in [2.24, 2.45) is 17.6 Å². The highest BCUT2D eigenvalue weighted by atomic mass is 16.3. The normalized spacial score (nSPS) is 36.9. The zero-order chi connectivity index (χ0) is 11.6. The van der Waals surface area contributed by atoms with Crippen LogP contribution in [0.1, 0.15) is 45.4 Å². The summed E-state index contributed by atoms with van der Waals surface area (Å²) >= 11 is 0. The fourth-order valence-corrected chi connectivity index (χ4v) is 3.28. The molecule has 94 valence electrons. The van der Waals surface area contributed by atoms with E-state index in [4.69, 9.17) is 5.73 Å². The molecule has 16 heavy (non-hydrogen) atoms. The lowest BCUT2D eigenvalue weighted by Crippen LogP contribution is -2.57. The minimum absolute atomic E-state index is 0.0119. The van der Waals surface area contributed by atoms with Crippen LogP contribution in [-0.2, 0) is 0 Å². The quantitative estimate of drug-likeness (QED) is 0.664. The van der Waals surface area contributed by atoms with Gasteiger partial charge < -0.3 is 16.2 Å². The van der Waals surface area contributed by atoms with Crippen LogP contribution >= 0.6 is 0 Å². The maximum Gasteiger partial charge on any atom is 0.0824 e. The molecule has 0 amide bonds. The van der Waals surface area contributed by atoms with Gasteiger partial charge in [0.05, 0.1) is 5.60 Å². The van der Waals surface area contributed by atoms with Gasteiger partial charge in [-0.2, -0.15) is 0 Å². The van der Waals surface area contributed by atoms with E-state index >= 15 is 0 Å². The Labute approximate surface area is 98.8 Å². The van der Waals surface area contributed by atoms with Gasteiger partial charge in [0.1, 0.15) is 0 Å². The minimum Gasteiger partial charge on any atom is -0.388 e. The molecule has 0 aromatic rings. The van der Waals surface area contributed by atoms with Crippen LogP contribution in [0, 0.1) is 11.8 Å². The summed E-state index contributed by atoms with van der Waals surface area (Å²) in [4.78, 5) is 0. The predicted octanol–water partition coefficient (Wildman–Crippen LogP) is 1.25. The van der Waals surface area contributed by atoms with Crippen molar-refractivity contribution in [2.45, 2.75) is 57.1 Å². The summed E-state index contributed by atoms with van der Waals surface area (Å²) in [6.45, 7) is 4.14. The predicted molar refractivity (Wildman–Crippen MR) is 66.2 cm³/mol. The van der Waals surface area contributed by atoms with Crippen molar-refractivity contribution in [2.75, 3.05) is 13.1 Å². The molecule has 1 aliphatic heterocycles. The number of hydrogen-bond acceptors (Lipinski definition) is 3. The van der Waals surface area contributed by atoms with Gasteiger partial charge in [0.2, 0.25) is 0 Å². The van der Waals surface area contributed by atoms with E-state index in [2.05, 4.69) is 12.2 Å². The summed E-state index contributed by atoms with van der Waals surface area (Å²) < 4.78 is 0. The van der Waals surface area contributed by atoms with Crippen LogP contribution in [0.5, 0.6) is 0 Å². The monoisotopic (exact) mass is 226 g/mol. The average Bonchev–Trinajstić information content (AvgIpc) is 2.30. The Balaban J connectivity index is 1.92. The topological polar surface area (TPSA) is 58.3 Å². The van der Waals surface area contributed by atoms with Gasteiger partial charge in [0, 0.05) is 6.04 Å². The lowest BCUT2D eigenvalue weighted by molar-refractivity contribution is -0.0364. The van der Waals surface area contributed by atoms with Crippen LogP contribution < -0.4 is 11.1 Å². The van der Waals surface area contributed by atoms with Crippen LogP contribution in [0.15, 0.2) is 0 Å². The van der Waals surface area contributed by atoms with Gasteiger partial charge in [0.25, 0.3) is 0 Å². The third-order valence-electron chi connectivity index (χ3n) is 4.66. The van der Waals surface area contributed by atoms with Crippen molar-refractivity contribution in [3.8, 4) is 0 Å². The summed E-state index contributed by atoms with van der Waals surface area (Å²) in [5, 5.41) is 13.9. The Hall–Kier alpha value is -0.120. The minimum atomic E-state index is -0.601. The molecule has 1 saturated heterocycles. The first-order chi connectivity index (χ1) is 7.62. The molecule has 1 heterocycles. The smallest absolute Gasteiger partial charge is 0.0824 e. The Bertz CT molecular complexity index is 218. The third-order valence-corrected chi connectivity index (χ3v) is 4.66. The molecule has 2 fully saturated rings. The summed E-state index contributed by atoms with van der Waals surface area (Å²) in [5.41, 5.74) is 5.72. The van der Waals surface area contributed by atoms with Gasteiger partial charge in [-0.1, -0.05) is 19.8 Å². The number of aliphatic hydroxyl groups is 1. The van der Waals surface area contributed by atoms with Crippen LogP contribution in [0.3, 0.4) is 0 Å². The van der Waals surface area contributed by atoms with E-state index in [1.807, 2.05) is 0 Å². The summed E-state index contributed by atoms with van der Waals surface area (Å²) in [5.74, 6) is 1.39. The van der Waals surface area contributed by atoms with Crippen molar-refractivity contribution in [1.29, 1.82) is 0 Å². The van der Waals surface area contributed by atoms with Crippen LogP contribution in [0.2, 0.25) is 0 Å². The molecule has 1 aliphatic carbocycles. The second kappa shape index (κ2) is 5.03. The van der Waals surface area contributed by atoms with Gasteiger partial charge in [0.15, 0.2) is 0 Å². The molecule has 2 rings (SSSR count). The number of nitrogens with one attached hydrogen (secondary N) is 1. The molecule has 0 aromatic heterocycles. The highest BCUT2D eigenvalue weighted by Crippen LogP contribution is 2.35. The van der Waals surface area contributed by atoms with E-state index in [0.29, 0.717) is 5.92 Å². The molecule has 1 saturated carbocycles. The molecule has 0 aromatic carbocycles. The van der Waals surface area contributed by atoms with Gasteiger partial charge >= 0.3 is 0 Å². The van der Waals surface area contributed by atoms with E-state index in [1.54, 1.807) is 0 Å². The average molecular weight is 226 g/mol. The highest BCUT2D eigenvalue weighted by Gasteiger charge is 2.40. The van der Waals surface area contributed by atoms with E-state index in [1.165, 1.54) is 25.7 Å². The molecular weight excluding hydrogens is 200 g/mol. The first-order valence-corrected chi connectivity index (χ1v) is 6.80. The second-order valence-electron chi connectivity index (χ2n) is 5.90. The van der Waals surface area contributed by atoms with Gasteiger partial charge in [-0.3, -0.25) is 0 Å². The van der Waals surface area contributed by atoms with Crippen molar-refractivity contribution in [3.05, 3.63) is 0 Å². The Morgan fingerprint density at radius 2 is 1.75 bits per heavy atom. The SMILES string of the molecule is CC1CCC(C(N)C2(O)CCNCC2)CC1. The number of hydrogen-bond donors (Lipinski definition) is 3. The first kappa shape index (κ1) is 12.3. The van der Waals surface area contributed by atoms with E-state index in [0.717, 1.165) is 31.8 Å². The van der Waals surface area contributed by atoms with Crippen molar-refractivity contribution in [1.82, 2.24) is 5.32 Å². The number of piperidine rings is 1. The summed E-state index contributed by atoms with van der Waals surface area (Å²) in [7, 11) is 0. The molecule has 3 heteroatoms. The molecule has 3 nitrogen and oxygen atoms in total. The van der Waals surface area contributed by atoms with Gasteiger partial charge in [-0.05, 0) is 50.6 Å². The Kier molecular flexibility index (Phi) is 3.88. The highest BCUT2D eigenvalue weighted by molar-refractivity contribution is 4.97. The molecule has 4 N–H and O–H groups in total. The zero-order valence-electron chi connectivity index (χ0n) is 10.4. The largest absolute Gasteiger partial charge is 0.388 e. The van der Waals surface area contributed by atoms with Crippen molar-refractivity contribution in [3.63, 3.8) is 0 Å². The molecule has 1 unspecified atom stereocenters. The van der Waals surface area contributed by atoms with Crippen molar-refractivity contribution >= 4 is 0 Å². The van der Waals surface area contributed by atoms with Crippen LogP contribution in [-0.4, -0.2) is 29.8 Å². The zero-order valence-corrected chi connectivity index (χ0v) is 10.4. The fourth-order valence-electron chi connectivity index (χ4n) is 3.28. The number of rotatable bonds is 2. The molecule has 0 spiro atoms. The maximum atomic E-state index is 10.6. The van der Waals surface area contributed by atoms with E-state index < -0.39 is 5.60 Å². The molecule has 0 radical (unpaired) electrons. The molecule has 0 bridgehead atoms. The van der Waals surface area contributed by atoms with Crippen LogP contribution in [0.4, 0.5) is 0 Å². The van der Waals surface area contributed by atoms with E-state index in [9.17, 15) is 5.11 Å². The lowest BCUT2D eigenvalue weighted by Gasteiger charge is -2.43. The van der Waals surface area contributed by atoms with Gasteiger partial charge in [-0.15, -0.1) is 0 Å². The lowest BCUT2D eigenvalue weighted by atomic mass is 9.72. The van der Waals surface area contributed by atoms with Crippen LogP contribution in [0.25, 0.3) is 0 Å². The maximum absolute atomic E-state index is 10.6. The molecule has 1 atom stereocenters. The summed E-state index contributed by atoms with van der Waals surface area (Å²) in [6, 6.07) is -0.0119. The molecule has 2 aliphatic rings. The van der Waals surface area contributed by atoms with E-state index in [-0.39, 0.29) is 6.04 Å².